The van der Waals surface area contributed by atoms with Gasteiger partial charge in [-0.3, -0.25) is 9.59 Å². The summed E-state index contributed by atoms with van der Waals surface area (Å²) in [6, 6.07) is 21.0. The molecular formula is C23H16ClNO4. The van der Waals surface area contributed by atoms with E-state index in [1.807, 2.05) is 30.3 Å². The van der Waals surface area contributed by atoms with Crippen molar-refractivity contribution in [1.29, 1.82) is 0 Å². The Labute approximate surface area is 171 Å². The molecule has 3 aromatic carbocycles. The van der Waals surface area contributed by atoms with Crippen molar-refractivity contribution >= 4 is 34.2 Å². The largest absolute Gasteiger partial charge is 0.484 e. The fourth-order valence-electron chi connectivity index (χ4n) is 2.89. The van der Waals surface area contributed by atoms with Gasteiger partial charge in [-0.15, -0.1) is 0 Å². The predicted molar refractivity (Wildman–Crippen MR) is 113 cm³/mol. The van der Waals surface area contributed by atoms with Gasteiger partial charge in [-0.2, -0.15) is 0 Å². The zero-order valence-corrected chi connectivity index (χ0v) is 16.0. The Morgan fingerprint density at radius 3 is 2.52 bits per heavy atom. The second-order valence-corrected chi connectivity index (χ2v) is 6.78. The molecule has 0 unspecified atom stereocenters. The lowest BCUT2D eigenvalue weighted by Gasteiger charge is -2.08. The SMILES string of the molecule is O=C(COc1ccc2c(=O)c(-c3ccccc3)coc2c1)Nc1ccc(Cl)cc1. The highest BCUT2D eigenvalue weighted by Gasteiger charge is 2.11. The number of carbonyl (C=O) groups excluding carboxylic acids is 1. The predicted octanol–water partition coefficient (Wildman–Crippen LogP) is 5.13. The number of fused-ring (bicyclic) bond motifs is 1. The Morgan fingerprint density at radius 1 is 1.00 bits per heavy atom. The molecule has 1 N–H and O–H groups in total. The second-order valence-electron chi connectivity index (χ2n) is 6.35. The molecule has 0 aliphatic rings. The van der Waals surface area contributed by atoms with Crippen LogP contribution in [-0.2, 0) is 4.79 Å². The maximum absolute atomic E-state index is 12.8. The number of anilines is 1. The lowest BCUT2D eigenvalue weighted by molar-refractivity contribution is -0.118. The van der Waals surface area contributed by atoms with Gasteiger partial charge in [-0.1, -0.05) is 41.9 Å². The zero-order valence-electron chi connectivity index (χ0n) is 15.2. The van der Waals surface area contributed by atoms with Crippen molar-refractivity contribution in [2.45, 2.75) is 0 Å². The summed E-state index contributed by atoms with van der Waals surface area (Å²) in [5.74, 6) is 0.118. The van der Waals surface area contributed by atoms with Crippen LogP contribution in [0.1, 0.15) is 0 Å². The van der Waals surface area contributed by atoms with E-state index in [4.69, 9.17) is 20.8 Å². The first-order valence-electron chi connectivity index (χ1n) is 8.89. The van der Waals surface area contributed by atoms with E-state index in [9.17, 15) is 9.59 Å². The summed E-state index contributed by atoms with van der Waals surface area (Å²) in [5, 5.41) is 3.75. The minimum absolute atomic E-state index is 0.121. The lowest BCUT2D eigenvalue weighted by Crippen LogP contribution is -2.20. The van der Waals surface area contributed by atoms with Crippen LogP contribution in [-0.4, -0.2) is 12.5 Å². The molecule has 1 aromatic heterocycles. The lowest BCUT2D eigenvalue weighted by atomic mass is 10.1. The smallest absolute Gasteiger partial charge is 0.262 e. The number of rotatable bonds is 5. The van der Waals surface area contributed by atoms with E-state index in [1.54, 1.807) is 42.5 Å². The van der Waals surface area contributed by atoms with Crippen LogP contribution in [0.25, 0.3) is 22.1 Å². The maximum Gasteiger partial charge on any atom is 0.262 e. The van der Waals surface area contributed by atoms with Crippen LogP contribution in [0.4, 0.5) is 5.69 Å². The second kappa shape index (κ2) is 8.20. The number of carbonyl (C=O) groups is 1. The first kappa shape index (κ1) is 18.8. The standard InChI is InChI=1S/C23H16ClNO4/c24-16-6-8-17(9-7-16)25-22(26)14-28-18-10-11-19-21(12-18)29-13-20(23(19)27)15-4-2-1-3-5-15/h1-13H,14H2,(H,25,26). The topological polar surface area (TPSA) is 68.5 Å². The number of hydrogen-bond donors (Lipinski definition) is 1. The molecule has 0 bridgehead atoms. The molecule has 0 saturated heterocycles. The van der Waals surface area contributed by atoms with Crippen molar-refractivity contribution in [2.75, 3.05) is 11.9 Å². The zero-order chi connectivity index (χ0) is 20.2. The molecule has 0 aliphatic heterocycles. The minimum Gasteiger partial charge on any atom is -0.484 e. The third kappa shape index (κ3) is 4.31. The van der Waals surface area contributed by atoms with Crippen LogP contribution in [0.3, 0.4) is 0 Å². The molecule has 0 aliphatic carbocycles. The average molecular weight is 406 g/mol. The van der Waals surface area contributed by atoms with Gasteiger partial charge in [-0.05, 0) is 42.0 Å². The Bertz CT molecular complexity index is 1220. The summed E-state index contributed by atoms with van der Waals surface area (Å²) in [5.41, 5.74) is 2.19. The maximum atomic E-state index is 12.8. The van der Waals surface area contributed by atoms with E-state index in [0.29, 0.717) is 33.0 Å². The van der Waals surface area contributed by atoms with Crippen molar-refractivity contribution in [2.24, 2.45) is 0 Å². The van der Waals surface area contributed by atoms with Crippen LogP contribution >= 0.6 is 11.6 Å². The van der Waals surface area contributed by atoms with Gasteiger partial charge in [0.25, 0.3) is 5.91 Å². The normalized spacial score (nSPS) is 10.7. The highest BCUT2D eigenvalue weighted by molar-refractivity contribution is 6.30. The van der Waals surface area contributed by atoms with E-state index in [1.165, 1.54) is 6.26 Å². The molecule has 0 radical (unpaired) electrons. The molecule has 144 valence electrons. The van der Waals surface area contributed by atoms with Crippen molar-refractivity contribution in [3.05, 3.63) is 94.3 Å². The van der Waals surface area contributed by atoms with Crippen molar-refractivity contribution < 1.29 is 13.9 Å². The fraction of sp³-hybridized carbons (Fsp3) is 0.0435. The van der Waals surface area contributed by atoms with Gasteiger partial charge in [0, 0.05) is 16.8 Å². The molecule has 5 nitrogen and oxygen atoms in total. The summed E-state index contributed by atoms with van der Waals surface area (Å²) in [6.45, 7) is -0.180. The van der Waals surface area contributed by atoms with Gasteiger partial charge in [0.15, 0.2) is 12.0 Å². The molecule has 1 heterocycles. The summed E-state index contributed by atoms with van der Waals surface area (Å²) in [7, 11) is 0. The number of benzene rings is 3. The fourth-order valence-corrected chi connectivity index (χ4v) is 3.02. The molecule has 0 spiro atoms. The van der Waals surface area contributed by atoms with Crippen molar-refractivity contribution in [3.63, 3.8) is 0 Å². The molecule has 1 amide bonds. The van der Waals surface area contributed by atoms with E-state index >= 15 is 0 Å². The van der Waals surface area contributed by atoms with Crippen molar-refractivity contribution in [3.8, 4) is 16.9 Å². The first-order chi connectivity index (χ1) is 14.1. The summed E-state index contributed by atoms with van der Waals surface area (Å²) >= 11 is 5.82. The van der Waals surface area contributed by atoms with Crippen LogP contribution in [0.5, 0.6) is 5.75 Å². The molecule has 0 atom stereocenters. The molecule has 6 heteroatoms. The van der Waals surface area contributed by atoms with Crippen molar-refractivity contribution in [1.82, 2.24) is 0 Å². The van der Waals surface area contributed by atoms with E-state index in [0.717, 1.165) is 5.56 Å². The van der Waals surface area contributed by atoms with E-state index in [-0.39, 0.29) is 17.9 Å². The van der Waals surface area contributed by atoms with Gasteiger partial charge < -0.3 is 14.5 Å². The third-order valence-corrected chi connectivity index (χ3v) is 4.58. The molecule has 0 fully saturated rings. The van der Waals surface area contributed by atoms with Crippen LogP contribution in [0, 0.1) is 0 Å². The Hall–Kier alpha value is -3.57. The van der Waals surface area contributed by atoms with Gasteiger partial charge in [0.05, 0.1) is 10.9 Å². The Kier molecular flexibility index (Phi) is 5.31. The highest BCUT2D eigenvalue weighted by atomic mass is 35.5. The summed E-state index contributed by atoms with van der Waals surface area (Å²) in [4.78, 5) is 24.8. The molecule has 29 heavy (non-hydrogen) atoms. The van der Waals surface area contributed by atoms with Crippen LogP contribution < -0.4 is 15.5 Å². The van der Waals surface area contributed by atoms with E-state index < -0.39 is 0 Å². The minimum atomic E-state index is -0.312. The Balaban J connectivity index is 1.48. The molecule has 4 rings (SSSR count). The molecular weight excluding hydrogens is 390 g/mol. The third-order valence-electron chi connectivity index (χ3n) is 4.33. The summed E-state index contributed by atoms with van der Waals surface area (Å²) in [6.07, 6.45) is 1.44. The Morgan fingerprint density at radius 2 is 1.76 bits per heavy atom. The van der Waals surface area contributed by atoms with Crippen LogP contribution in [0.2, 0.25) is 5.02 Å². The number of amides is 1. The average Bonchev–Trinajstić information content (AvgIpc) is 2.75. The number of hydrogen-bond acceptors (Lipinski definition) is 4. The summed E-state index contributed by atoms with van der Waals surface area (Å²) < 4.78 is 11.2. The number of ether oxygens (including phenoxy) is 1. The molecule has 4 aromatic rings. The molecule has 0 saturated carbocycles. The van der Waals surface area contributed by atoms with Crippen LogP contribution in [0.15, 0.2) is 88.3 Å². The number of halogens is 1. The van der Waals surface area contributed by atoms with E-state index in [2.05, 4.69) is 5.32 Å². The van der Waals surface area contributed by atoms with Gasteiger partial charge in [-0.25, -0.2) is 0 Å². The monoisotopic (exact) mass is 405 g/mol. The van der Waals surface area contributed by atoms with Gasteiger partial charge in [0.2, 0.25) is 0 Å². The van der Waals surface area contributed by atoms with Gasteiger partial charge >= 0.3 is 0 Å². The first-order valence-corrected chi connectivity index (χ1v) is 9.27. The number of nitrogens with one attached hydrogen (secondary N) is 1. The van der Waals surface area contributed by atoms with Gasteiger partial charge in [0.1, 0.15) is 17.6 Å². The highest BCUT2D eigenvalue weighted by Crippen LogP contribution is 2.23. The quantitative estimate of drug-likeness (QED) is 0.499.